The SMILES string of the molecule is CCCCn1c(N)c(N(CCOC)C(=O)CSc2n[nH]c(-c3ccccc3)n2)c(=O)[nH]c1=O. The highest BCUT2D eigenvalue weighted by molar-refractivity contribution is 7.99. The van der Waals surface area contributed by atoms with Gasteiger partial charge in [-0.2, -0.15) is 0 Å². The number of H-pyrrole nitrogens is 2. The number of nitrogens with zero attached hydrogens (tertiary/aromatic N) is 4. The number of aromatic nitrogens is 5. The molecule has 0 atom stereocenters. The molecule has 12 heteroatoms. The van der Waals surface area contributed by atoms with Crippen LogP contribution in [0.2, 0.25) is 0 Å². The normalized spacial score (nSPS) is 11.0. The molecule has 11 nitrogen and oxygen atoms in total. The minimum Gasteiger partial charge on any atom is -0.383 e. The van der Waals surface area contributed by atoms with Gasteiger partial charge in [-0.15, -0.1) is 5.10 Å². The Bertz CT molecular complexity index is 1190. The van der Waals surface area contributed by atoms with E-state index >= 15 is 0 Å². The number of anilines is 2. The van der Waals surface area contributed by atoms with Crippen molar-refractivity contribution in [2.45, 2.75) is 31.5 Å². The van der Waals surface area contributed by atoms with E-state index in [1.54, 1.807) is 0 Å². The molecule has 0 spiro atoms. The lowest BCUT2D eigenvalue weighted by Crippen LogP contribution is -2.43. The standard InChI is InChI=1S/C21H27N7O4S/c1-3-4-10-28-17(22)16(19(30)24-21(28)31)27(11-12-32-2)15(29)13-33-20-23-18(25-26-20)14-8-6-5-7-9-14/h5-9H,3-4,10-13,22H2,1-2H3,(H,23,25,26)(H,24,30,31). The number of amides is 1. The summed E-state index contributed by atoms with van der Waals surface area (Å²) in [5.74, 6) is 0.116. The predicted molar refractivity (Wildman–Crippen MR) is 127 cm³/mol. The summed E-state index contributed by atoms with van der Waals surface area (Å²) in [5.41, 5.74) is 5.68. The molecule has 176 valence electrons. The fourth-order valence-electron chi connectivity index (χ4n) is 3.16. The number of unbranched alkanes of at least 4 members (excludes halogenated alkanes) is 1. The van der Waals surface area contributed by atoms with Crippen molar-refractivity contribution in [3.63, 3.8) is 0 Å². The quantitative estimate of drug-likeness (QED) is 0.354. The van der Waals surface area contributed by atoms with Gasteiger partial charge in [0.2, 0.25) is 11.1 Å². The third kappa shape index (κ3) is 5.90. The van der Waals surface area contributed by atoms with Gasteiger partial charge in [-0.3, -0.25) is 24.2 Å². The van der Waals surface area contributed by atoms with E-state index in [4.69, 9.17) is 10.5 Å². The largest absolute Gasteiger partial charge is 0.383 e. The van der Waals surface area contributed by atoms with Crippen molar-refractivity contribution >= 4 is 29.2 Å². The zero-order valence-electron chi connectivity index (χ0n) is 18.5. The number of carbonyl (C=O) groups is 1. The fourth-order valence-corrected chi connectivity index (χ4v) is 3.83. The molecule has 1 amide bonds. The van der Waals surface area contributed by atoms with Crippen molar-refractivity contribution in [1.82, 2.24) is 24.7 Å². The average molecular weight is 474 g/mol. The van der Waals surface area contributed by atoms with Crippen LogP contribution in [0, 0.1) is 0 Å². The Kier molecular flexibility index (Phi) is 8.44. The molecule has 2 heterocycles. The van der Waals surface area contributed by atoms with Gasteiger partial charge in [-0.05, 0) is 6.42 Å². The molecule has 0 fully saturated rings. The highest BCUT2D eigenvalue weighted by atomic mass is 32.2. The number of nitrogen functional groups attached to an aromatic ring is 1. The maximum absolute atomic E-state index is 13.1. The number of carbonyl (C=O) groups excluding carboxylic acids is 1. The first-order valence-electron chi connectivity index (χ1n) is 10.5. The molecular weight excluding hydrogens is 446 g/mol. The van der Waals surface area contributed by atoms with Crippen LogP contribution in [0.25, 0.3) is 11.4 Å². The number of nitrogens with two attached hydrogens (primary N) is 1. The smallest absolute Gasteiger partial charge is 0.330 e. The van der Waals surface area contributed by atoms with Crippen LogP contribution < -0.4 is 21.9 Å². The topological polar surface area (TPSA) is 152 Å². The van der Waals surface area contributed by atoms with E-state index in [0.717, 1.165) is 23.7 Å². The number of rotatable bonds is 11. The van der Waals surface area contributed by atoms with Gasteiger partial charge < -0.3 is 15.4 Å². The number of nitrogens with one attached hydrogen (secondary N) is 2. The summed E-state index contributed by atoms with van der Waals surface area (Å²) in [5, 5.41) is 7.39. The van der Waals surface area contributed by atoms with Crippen molar-refractivity contribution in [1.29, 1.82) is 0 Å². The minimum atomic E-state index is -0.719. The second kappa shape index (κ2) is 11.5. The van der Waals surface area contributed by atoms with Gasteiger partial charge in [0.05, 0.1) is 12.4 Å². The van der Waals surface area contributed by atoms with Gasteiger partial charge in [-0.1, -0.05) is 55.4 Å². The fraction of sp³-hybridized carbons (Fsp3) is 0.381. The van der Waals surface area contributed by atoms with E-state index < -0.39 is 11.2 Å². The Morgan fingerprint density at radius 2 is 2.03 bits per heavy atom. The van der Waals surface area contributed by atoms with Crippen LogP contribution in [-0.4, -0.2) is 56.7 Å². The first kappa shape index (κ1) is 24.3. The second-order valence-corrected chi connectivity index (χ2v) is 8.10. The number of aromatic amines is 2. The third-order valence-electron chi connectivity index (χ3n) is 4.88. The molecule has 33 heavy (non-hydrogen) atoms. The number of hydrogen-bond acceptors (Lipinski definition) is 8. The summed E-state index contributed by atoms with van der Waals surface area (Å²) in [6.07, 6.45) is 1.54. The first-order valence-corrected chi connectivity index (χ1v) is 11.5. The van der Waals surface area contributed by atoms with E-state index in [9.17, 15) is 14.4 Å². The molecular formula is C21H27N7O4S. The van der Waals surface area contributed by atoms with E-state index in [-0.39, 0.29) is 36.3 Å². The Labute approximate surface area is 194 Å². The number of benzene rings is 1. The molecule has 4 N–H and O–H groups in total. The van der Waals surface area contributed by atoms with Crippen molar-refractivity contribution in [2.75, 3.05) is 36.6 Å². The number of hydrogen-bond donors (Lipinski definition) is 3. The summed E-state index contributed by atoms with van der Waals surface area (Å²) in [4.78, 5) is 45.9. The first-order chi connectivity index (χ1) is 16.0. The summed E-state index contributed by atoms with van der Waals surface area (Å²) >= 11 is 1.13. The monoisotopic (exact) mass is 473 g/mol. The van der Waals surface area contributed by atoms with Crippen LogP contribution in [0.5, 0.6) is 0 Å². The molecule has 2 aromatic heterocycles. The molecule has 0 radical (unpaired) electrons. The summed E-state index contributed by atoms with van der Waals surface area (Å²) < 4.78 is 6.39. The van der Waals surface area contributed by atoms with Crippen LogP contribution in [0.15, 0.2) is 45.1 Å². The lowest BCUT2D eigenvalue weighted by atomic mass is 10.2. The molecule has 0 unspecified atom stereocenters. The van der Waals surface area contributed by atoms with Gasteiger partial charge >= 0.3 is 5.69 Å². The highest BCUT2D eigenvalue weighted by Gasteiger charge is 2.24. The van der Waals surface area contributed by atoms with Gasteiger partial charge in [0.25, 0.3) is 5.56 Å². The molecule has 0 bridgehead atoms. The van der Waals surface area contributed by atoms with E-state index in [1.165, 1.54) is 16.6 Å². The Morgan fingerprint density at radius 3 is 2.73 bits per heavy atom. The molecule has 1 aromatic carbocycles. The molecule has 3 rings (SSSR count). The van der Waals surface area contributed by atoms with Gasteiger partial charge in [0.15, 0.2) is 11.5 Å². The van der Waals surface area contributed by atoms with Crippen molar-refractivity contribution in [2.24, 2.45) is 0 Å². The number of ether oxygens (including phenoxy) is 1. The van der Waals surface area contributed by atoms with Crippen LogP contribution >= 0.6 is 11.8 Å². The van der Waals surface area contributed by atoms with E-state index in [2.05, 4.69) is 20.2 Å². The van der Waals surface area contributed by atoms with Gasteiger partial charge in [0, 0.05) is 25.8 Å². The van der Waals surface area contributed by atoms with Crippen molar-refractivity contribution in [3.8, 4) is 11.4 Å². The Morgan fingerprint density at radius 1 is 1.27 bits per heavy atom. The molecule has 0 saturated heterocycles. The van der Waals surface area contributed by atoms with Crippen LogP contribution in [0.4, 0.5) is 11.5 Å². The lowest BCUT2D eigenvalue weighted by molar-refractivity contribution is -0.116. The zero-order chi connectivity index (χ0) is 23.8. The average Bonchev–Trinajstić information content (AvgIpc) is 3.29. The van der Waals surface area contributed by atoms with Crippen LogP contribution in [0.1, 0.15) is 19.8 Å². The second-order valence-electron chi connectivity index (χ2n) is 7.16. The summed E-state index contributed by atoms with van der Waals surface area (Å²) in [6, 6.07) is 9.49. The minimum absolute atomic E-state index is 0.0389. The van der Waals surface area contributed by atoms with Gasteiger partial charge in [0.1, 0.15) is 5.82 Å². The van der Waals surface area contributed by atoms with E-state index in [0.29, 0.717) is 23.9 Å². The van der Waals surface area contributed by atoms with E-state index in [1.807, 2.05) is 37.3 Å². The number of methoxy groups -OCH3 is 1. The molecule has 0 aliphatic carbocycles. The van der Waals surface area contributed by atoms with Crippen LogP contribution in [0.3, 0.4) is 0 Å². The van der Waals surface area contributed by atoms with Crippen LogP contribution in [-0.2, 0) is 16.1 Å². The van der Waals surface area contributed by atoms with Gasteiger partial charge in [-0.25, -0.2) is 9.78 Å². The summed E-state index contributed by atoms with van der Waals surface area (Å²) in [6.45, 7) is 2.60. The predicted octanol–water partition coefficient (Wildman–Crippen LogP) is 1.48. The Hall–Kier alpha value is -3.38. The third-order valence-corrected chi connectivity index (χ3v) is 5.71. The summed E-state index contributed by atoms with van der Waals surface area (Å²) in [7, 11) is 1.49. The molecule has 0 aliphatic heterocycles. The Balaban J connectivity index is 1.82. The molecule has 3 aromatic rings. The van der Waals surface area contributed by atoms with Crippen molar-refractivity contribution < 1.29 is 9.53 Å². The molecule has 0 saturated carbocycles. The number of thioether (sulfide) groups is 1. The zero-order valence-corrected chi connectivity index (χ0v) is 19.4. The van der Waals surface area contributed by atoms with Crippen molar-refractivity contribution in [3.05, 3.63) is 51.2 Å². The maximum Gasteiger partial charge on any atom is 0.330 e. The lowest BCUT2D eigenvalue weighted by Gasteiger charge is -2.24. The highest BCUT2D eigenvalue weighted by Crippen LogP contribution is 2.22. The molecule has 0 aliphatic rings. The maximum atomic E-state index is 13.1.